The third kappa shape index (κ3) is 2.86. The van der Waals surface area contributed by atoms with Crippen molar-refractivity contribution in [3.8, 4) is 0 Å². The van der Waals surface area contributed by atoms with E-state index in [0.29, 0.717) is 6.04 Å². The largest absolute Gasteiger partial charge is 0.352 e. The molecule has 1 fully saturated rings. The molecule has 0 aromatic carbocycles. The zero-order valence-electron chi connectivity index (χ0n) is 11.3. The summed E-state index contributed by atoms with van der Waals surface area (Å²) in [5.74, 6) is -0.113. The number of amides is 1. The Morgan fingerprint density at radius 3 is 2.67 bits per heavy atom. The Bertz CT molecular complexity index is 457. The summed E-state index contributed by atoms with van der Waals surface area (Å²) in [5.41, 5.74) is 1.57. The van der Waals surface area contributed by atoms with Gasteiger partial charge in [0.15, 0.2) is 0 Å². The van der Waals surface area contributed by atoms with Gasteiger partial charge in [-0.3, -0.25) is 9.48 Å². The summed E-state index contributed by atoms with van der Waals surface area (Å²) >= 11 is 6.29. The fourth-order valence-corrected chi connectivity index (χ4v) is 2.14. The van der Waals surface area contributed by atoms with Crippen LogP contribution in [-0.2, 0) is 17.3 Å². The summed E-state index contributed by atoms with van der Waals surface area (Å²) in [7, 11) is 1.85. The molecule has 2 rings (SSSR count). The van der Waals surface area contributed by atoms with Crippen LogP contribution in [0.15, 0.2) is 6.20 Å². The molecule has 100 valence electrons. The van der Waals surface area contributed by atoms with Gasteiger partial charge in [0, 0.05) is 30.3 Å². The minimum atomic E-state index is -0.659. The average molecular weight is 270 g/mol. The summed E-state index contributed by atoms with van der Waals surface area (Å²) in [5, 5.41) is 6.71. The van der Waals surface area contributed by atoms with Crippen molar-refractivity contribution < 1.29 is 4.79 Å². The molecule has 0 spiro atoms. The van der Waals surface area contributed by atoms with Crippen LogP contribution in [0, 0.1) is 0 Å². The maximum absolute atomic E-state index is 12.0. The molecule has 1 aromatic rings. The van der Waals surface area contributed by atoms with Gasteiger partial charge in [-0.25, -0.2) is 0 Å². The van der Waals surface area contributed by atoms with Gasteiger partial charge in [-0.2, -0.15) is 5.10 Å². The topological polar surface area (TPSA) is 46.9 Å². The third-order valence-corrected chi connectivity index (χ3v) is 3.43. The monoisotopic (exact) mass is 269 g/mol. The van der Waals surface area contributed by atoms with E-state index >= 15 is 0 Å². The van der Waals surface area contributed by atoms with E-state index in [-0.39, 0.29) is 11.3 Å². The maximum atomic E-state index is 12.0. The lowest BCUT2D eigenvalue weighted by molar-refractivity contribution is -0.121. The third-order valence-electron chi connectivity index (χ3n) is 2.99. The number of rotatable bonds is 3. The van der Waals surface area contributed by atoms with E-state index < -0.39 is 5.38 Å². The second-order valence-corrected chi connectivity index (χ2v) is 6.44. The van der Waals surface area contributed by atoms with Gasteiger partial charge in [0.2, 0.25) is 5.91 Å². The van der Waals surface area contributed by atoms with Crippen LogP contribution in [0.3, 0.4) is 0 Å². The van der Waals surface area contributed by atoms with Crippen molar-refractivity contribution in [2.75, 3.05) is 0 Å². The molecule has 1 unspecified atom stereocenters. The predicted molar refractivity (Wildman–Crippen MR) is 71.7 cm³/mol. The van der Waals surface area contributed by atoms with E-state index in [9.17, 15) is 4.79 Å². The van der Waals surface area contributed by atoms with Gasteiger partial charge in [-0.1, -0.05) is 20.8 Å². The molecule has 1 aliphatic carbocycles. The van der Waals surface area contributed by atoms with E-state index in [0.717, 1.165) is 24.1 Å². The number of alkyl halides is 1. The molecule has 1 amide bonds. The van der Waals surface area contributed by atoms with Crippen LogP contribution in [-0.4, -0.2) is 21.7 Å². The second-order valence-electron chi connectivity index (χ2n) is 6.00. The van der Waals surface area contributed by atoms with Crippen molar-refractivity contribution in [2.24, 2.45) is 7.05 Å². The quantitative estimate of drug-likeness (QED) is 0.856. The number of hydrogen-bond acceptors (Lipinski definition) is 2. The molecule has 1 N–H and O–H groups in total. The fourth-order valence-electron chi connectivity index (χ4n) is 1.92. The Kier molecular flexibility index (Phi) is 3.41. The number of nitrogens with zero attached hydrogens (tertiary/aromatic N) is 2. The lowest BCUT2D eigenvalue weighted by Gasteiger charge is -2.19. The summed E-state index contributed by atoms with van der Waals surface area (Å²) < 4.78 is 1.72. The molecular weight excluding hydrogens is 250 g/mol. The summed E-state index contributed by atoms with van der Waals surface area (Å²) in [4.78, 5) is 12.0. The van der Waals surface area contributed by atoms with Crippen molar-refractivity contribution >= 4 is 17.5 Å². The maximum Gasteiger partial charge on any atom is 0.242 e. The van der Waals surface area contributed by atoms with Crippen LogP contribution in [0.5, 0.6) is 0 Å². The first-order chi connectivity index (χ1) is 8.29. The molecule has 1 heterocycles. The van der Waals surface area contributed by atoms with Gasteiger partial charge in [0.25, 0.3) is 0 Å². The first-order valence-corrected chi connectivity index (χ1v) is 6.71. The lowest BCUT2D eigenvalue weighted by Crippen LogP contribution is -2.29. The molecule has 18 heavy (non-hydrogen) atoms. The van der Waals surface area contributed by atoms with Crippen LogP contribution in [0.25, 0.3) is 0 Å². The highest BCUT2D eigenvalue weighted by Gasteiger charge is 2.32. The molecule has 1 saturated carbocycles. The molecular formula is C13H20ClN3O. The number of carbonyl (C=O) groups is 1. The summed E-state index contributed by atoms with van der Waals surface area (Å²) in [6.07, 6.45) is 3.97. The van der Waals surface area contributed by atoms with E-state index in [4.69, 9.17) is 11.6 Å². The number of carbonyl (C=O) groups excluding carboxylic acids is 1. The Morgan fingerprint density at radius 1 is 1.56 bits per heavy atom. The second kappa shape index (κ2) is 4.57. The highest BCUT2D eigenvalue weighted by atomic mass is 35.5. The van der Waals surface area contributed by atoms with Crippen molar-refractivity contribution in [3.05, 3.63) is 17.5 Å². The van der Waals surface area contributed by atoms with E-state index in [1.165, 1.54) is 0 Å². The van der Waals surface area contributed by atoms with Gasteiger partial charge >= 0.3 is 0 Å². The molecule has 0 aliphatic heterocycles. The van der Waals surface area contributed by atoms with Gasteiger partial charge in [0.05, 0.1) is 5.69 Å². The van der Waals surface area contributed by atoms with Gasteiger partial charge in [0.1, 0.15) is 5.38 Å². The SMILES string of the molecule is Cn1cc(C(Cl)C(=O)NC2CC2)c(C(C)(C)C)n1. The molecule has 1 aliphatic rings. The smallest absolute Gasteiger partial charge is 0.242 e. The van der Waals surface area contributed by atoms with Gasteiger partial charge in [-0.05, 0) is 12.8 Å². The normalized spacial score (nSPS) is 17.6. The van der Waals surface area contributed by atoms with Crippen molar-refractivity contribution in [3.63, 3.8) is 0 Å². The Hall–Kier alpha value is -1.03. The van der Waals surface area contributed by atoms with E-state index in [1.54, 1.807) is 4.68 Å². The number of aromatic nitrogens is 2. The number of nitrogens with one attached hydrogen (secondary N) is 1. The van der Waals surface area contributed by atoms with E-state index in [1.807, 2.05) is 13.2 Å². The average Bonchev–Trinajstić information content (AvgIpc) is 2.96. The van der Waals surface area contributed by atoms with Crippen LogP contribution in [0.1, 0.15) is 50.2 Å². The molecule has 4 nitrogen and oxygen atoms in total. The molecule has 0 radical (unpaired) electrons. The highest BCUT2D eigenvalue weighted by Crippen LogP contribution is 2.32. The van der Waals surface area contributed by atoms with Gasteiger partial charge in [-0.15, -0.1) is 11.6 Å². The molecule has 0 saturated heterocycles. The molecule has 5 heteroatoms. The standard InChI is InChI=1S/C13H20ClN3O/c1-13(2,3)11-9(7-17(4)16-11)10(14)12(18)15-8-5-6-8/h7-8,10H,5-6H2,1-4H3,(H,15,18). The zero-order valence-corrected chi connectivity index (χ0v) is 12.1. The Morgan fingerprint density at radius 2 is 2.17 bits per heavy atom. The zero-order chi connectivity index (χ0) is 13.5. The lowest BCUT2D eigenvalue weighted by atomic mass is 9.88. The highest BCUT2D eigenvalue weighted by molar-refractivity contribution is 6.30. The molecule has 0 bridgehead atoms. The van der Waals surface area contributed by atoms with Crippen LogP contribution >= 0.6 is 11.6 Å². The van der Waals surface area contributed by atoms with E-state index in [2.05, 4.69) is 31.2 Å². The van der Waals surface area contributed by atoms with Crippen LogP contribution < -0.4 is 5.32 Å². The summed E-state index contributed by atoms with van der Waals surface area (Å²) in [6, 6.07) is 0.327. The predicted octanol–water partition coefficient (Wildman–Crippen LogP) is 2.28. The Balaban J connectivity index is 2.23. The van der Waals surface area contributed by atoms with Crippen molar-refractivity contribution in [1.29, 1.82) is 0 Å². The minimum absolute atomic E-state index is 0.113. The van der Waals surface area contributed by atoms with Gasteiger partial charge < -0.3 is 5.32 Å². The molecule has 1 aromatic heterocycles. The number of aryl methyl sites for hydroxylation is 1. The number of hydrogen-bond donors (Lipinski definition) is 1. The Labute approximate surface area is 113 Å². The summed E-state index contributed by atoms with van der Waals surface area (Å²) in [6.45, 7) is 6.21. The van der Waals surface area contributed by atoms with Crippen molar-refractivity contribution in [1.82, 2.24) is 15.1 Å². The first kappa shape index (κ1) is 13.4. The number of halogens is 1. The minimum Gasteiger partial charge on any atom is -0.352 e. The fraction of sp³-hybridized carbons (Fsp3) is 0.692. The van der Waals surface area contributed by atoms with Crippen LogP contribution in [0.4, 0.5) is 0 Å². The first-order valence-electron chi connectivity index (χ1n) is 6.27. The van der Waals surface area contributed by atoms with Crippen molar-refractivity contribution in [2.45, 2.75) is 50.4 Å². The molecule has 1 atom stereocenters. The van der Waals surface area contributed by atoms with Crippen LogP contribution in [0.2, 0.25) is 0 Å².